The molecule has 0 saturated heterocycles. The summed E-state index contributed by atoms with van der Waals surface area (Å²) in [4.78, 5) is 4.13. The molecule has 0 saturated carbocycles. The molecule has 1 aromatic rings. The van der Waals surface area contributed by atoms with Gasteiger partial charge < -0.3 is 15.2 Å². The fourth-order valence-corrected chi connectivity index (χ4v) is 1.15. The molecule has 0 radical (unpaired) electrons. The highest BCUT2D eigenvalue weighted by Gasteiger charge is 2.02. The smallest absolute Gasteiger partial charge is 0.191 e. The maximum atomic E-state index is 4.13. The molecular weight excluding hydrogens is 204 g/mol. The second kappa shape index (κ2) is 6.09. The summed E-state index contributed by atoms with van der Waals surface area (Å²) < 4.78 is 1.88. The minimum Gasteiger partial charge on any atom is -0.356 e. The van der Waals surface area contributed by atoms with Crippen LogP contribution in [0.5, 0.6) is 0 Å². The first kappa shape index (κ1) is 12.5. The molecule has 0 atom stereocenters. The van der Waals surface area contributed by atoms with Crippen LogP contribution in [-0.4, -0.2) is 34.3 Å². The summed E-state index contributed by atoms with van der Waals surface area (Å²) in [5.41, 5.74) is 0. The molecule has 0 unspecified atom stereocenters. The Morgan fingerprint density at radius 2 is 2.25 bits per heavy atom. The Hall–Kier alpha value is -1.59. The van der Waals surface area contributed by atoms with Crippen LogP contribution in [0.3, 0.4) is 0 Å². The summed E-state index contributed by atoms with van der Waals surface area (Å²) in [6.07, 6.45) is 1.68. The maximum Gasteiger partial charge on any atom is 0.191 e. The zero-order valence-electron chi connectivity index (χ0n) is 10.4. The van der Waals surface area contributed by atoms with E-state index in [1.165, 1.54) is 0 Å². The number of hydrogen-bond acceptors (Lipinski definition) is 3. The van der Waals surface area contributed by atoms with Gasteiger partial charge in [0, 0.05) is 20.6 Å². The molecule has 16 heavy (non-hydrogen) atoms. The van der Waals surface area contributed by atoms with Crippen molar-refractivity contribution in [2.24, 2.45) is 18.0 Å². The van der Waals surface area contributed by atoms with Crippen LogP contribution in [0.4, 0.5) is 0 Å². The predicted molar refractivity (Wildman–Crippen MR) is 64.0 cm³/mol. The van der Waals surface area contributed by atoms with Crippen molar-refractivity contribution in [3.05, 3.63) is 12.2 Å². The minimum absolute atomic E-state index is 0.591. The van der Waals surface area contributed by atoms with Crippen LogP contribution in [0.1, 0.15) is 19.7 Å². The average Bonchev–Trinajstić information content (AvgIpc) is 2.64. The zero-order chi connectivity index (χ0) is 12.0. The third kappa shape index (κ3) is 3.88. The number of guanidine groups is 1. The van der Waals surface area contributed by atoms with E-state index in [1.54, 1.807) is 13.4 Å². The average molecular weight is 224 g/mol. The first-order valence-corrected chi connectivity index (χ1v) is 5.41. The van der Waals surface area contributed by atoms with Gasteiger partial charge in [-0.05, 0) is 5.92 Å². The number of aromatic nitrogens is 3. The Morgan fingerprint density at radius 1 is 1.50 bits per heavy atom. The monoisotopic (exact) mass is 224 g/mol. The summed E-state index contributed by atoms with van der Waals surface area (Å²) in [7, 11) is 3.67. The quantitative estimate of drug-likeness (QED) is 0.564. The Bertz CT molecular complexity index is 341. The third-order valence-electron chi connectivity index (χ3n) is 2.12. The van der Waals surface area contributed by atoms with Crippen molar-refractivity contribution in [3.63, 3.8) is 0 Å². The van der Waals surface area contributed by atoms with Crippen molar-refractivity contribution >= 4 is 5.96 Å². The van der Waals surface area contributed by atoms with Crippen molar-refractivity contribution in [2.45, 2.75) is 20.4 Å². The van der Waals surface area contributed by atoms with E-state index < -0.39 is 0 Å². The lowest BCUT2D eigenvalue weighted by atomic mass is 10.2. The molecule has 0 aliphatic rings. The van der Waals surface area contributed by atoms with Gasteiger partial charge in [-0.15, -0.1) is 10.2 Å². The number of rotatable bonds is 4. The summed E-state index contributed by atoms with van der Waals surface area (Å²) >= 11 is 0. The molecule has 6 heteroatoms. The van der Waals surface area contributed by atoms with Crippen LogP contribution in [-0.2, 0) is 13.6 Å². The van der Waals surface area contributed by atoms with Gasteiger partial charge in [-0.2, -0.15) is 0 Å². The van der Waals surface area contributed by atoms with Crippen LogP contribution in [0.25, 0.3) is 0 Å². The molecule has 0 bridgehead atoms. The van der Waals surface area contributed by atoms with E-state index in [2.05, 4.69) is 39.7 Å². The Balaban J connectivity index is 2.38. The molecule has 1 aromatic heterocycles. The fraction of sp³-hybridized carbons (Fsp3) is 0.700. The van der Waals surface area contributed by atoms with E-state index in [0.29, 0.717) is 12.5 Å². The van der Waals surface area contributed by atoms with Crippen molar-refractivity contribution in [2.75, 3.05) is 13.6 Å². The van der Waals surface area contributed by atoms with Gasteiger partial charge in [0.2, 0.25) is 0 Å². The van der Waals surface area contributed by atoms with Crippen molar-refractivity contribution in [1.82, 2.24) is 25.4 Å². The Morgan fingerprint density at radius 3 is 2.75 bits per heavy atom. The van der Waals surface area contributed by atoms with Crippen LogP contribution in [0.2, 0.25) is 0 Å². The molecule has 2 N–H and O–H groups in total. The molecule has 1 rings (SSSR count). The van der Waals surface area contributed by atoms with E-state index in [9.17, 15) is 0 Å². The van der Waals surface area contributed by atoms with Crippen molar-refractivity contribution in [3.8, 4) is 0 Å². The third-order valence-corrected chi connectivity index (χ3v) is 2.12. The highest BCUT2D eigenvalue weighted by atomic mass is 15.3. The van der Waals surface area contributed by atoms with Crippen molar-refractivity contribution in [1.29, 1.82) is 0 Å². The summed E-state index contributed by atoms with van der Waals surface area (Å²) in [6, 6.07) is 0. The molecule has 1 heterocycles. The molecule has 0 aromatic carbocycles. The highest BCUT2D eigenvalue weighted by molar-refractivity contribution is 5.79. The van der Waals surface area contributed by atoms with Gasteiger partial charge in [0.25, 0.3) is 0 Å². The predicted octanol–water partition coefficient (Wildman–Crippen LogP) is 0.136. The second-order valence-corrected chi connectivity index (χ2v) is 4.06. The summed E-state index contributed by atoms with van der Waals surface area (Å²) in [6.45, 7) is 5.83. The van der Waals surface area contributed by atoms with Gasteiger partial charge in [0.05, 0.1) is 6.54 Å². The Kier molecular flexibility index (Phi) is 4.75. The number of aryl methyl sites for hydroxylation is 1. The van der Waals surface area contributed by atoms with Gasteiger partial charge in [0.1, 0.15) is 6.33 Å². The van der Waals surface area contributed by atoms with Crippen molar-refractivity contribution < 1.29 is 0 Å². The minimum atomic E-state index is 0.591. The first-order chi connectivity index (χ1) is 7.63. The molecule has 0 aliphatic carbocycles. The van der Waals surface area contributed by atoms with Gasteiger partial charge in [-0.25, -0.2) is 0 Å². The topological polar surface area (TPSA) is 67.1 Å². The largest absolute Gasteiger partial charge is 0.356 e. The summed E-state index contributed by atoms with van der Waals surface area (Å²) in [5.74, 6) is 2.26. The van der Waals surface area contributed by atoms with Crippen LogP contribution < -0.4 is 10.6 Å². The first-order valence-electron chi connectivity index (χ1n) is 5.41. The molecule has 6 nitrogen and oxygen atoms in total. The van der Waals surface area contributed by atoms with Gasteiger partial charge >= 0.3 is 0 Å². The van der Waals surface area contributed by atoms with Gasteiger partial charge in [0.15, 0.2) is 11.8 Å². The molecule has 90 valence electrons. The van der Waals surface area contributed by atoms with Gasteiger partial charge in [-0.1, -0.05) is 13.8 Å². The molecular formula is C10H20N6. The van der Waals surface area contributed by atoms with Gasteiger partial charge in [-0.3, -0.25) is 4.99 Å². The van der Waals surface area contributed by atoms with Crippen LogP contribution >= 0.6 is 0 Å². The molecule has 0 aliphatic heterocycles. The van der Waals surface area contributed by atoms with E-state index >= 15 is 0 Å². The number of nitrogens with one attached hydrogen (secondary N) is 2. The normalized spacial score (nSPS) is 11.9. The van der Waals surface area contributed by atoms with Crippen LogP contribution in [0, 0.1) is 5.92 Å². The van der Waals surface area contributed by atoms with E-state index in [-0.39, 0.29) is 0 Å². The fourth-order valence-electron chi connectivity index (χ4n) is 1.15. The lowest BCUT2D eigenvalue weighted by molar-refractivity contribution is 0.611. The van der Waals surface area contributed by atoms with E-state index in [4.69, 9.17) is 0 Å². The number of hydrogen-bond donors (Lipinski definition) is 2. The Labute approximate surface area is 96.2 Å². The standard InChI is InChI=1S/C10H20N6/c1-8(2)5-12-10(11-3)13-6-9-15-14-7-16(9)4/h7-8H,5-6H2,1-4H3,(H2,11,12,13). The SMILES string of the molecule is CN=C(NCc1nncn1C)NCC(C)C. The molecule has 0 spiro atoms. The maximum absolute atomic E-state index is 4.13. The lowest BCUT2D eigenvalue weighted by Gasteiger charge is -2.12. The van der Waals surface area contributed by atoms with E-state index in [0.717, 1.165) is 18.3 Å². The molecule has 0 fully saturated rings. The highest BCUT2D eigenvalue weighted by Crippen LogP contribution is 1.90. The van der Waals surface area contributed by atoms with E-state index in [1.807, 2.05) is 11.6 Å². The number of aliphatic imine (C=N–C) groups is 1. The second-order valence-electron chi connectivity index (χ2n) is 4.06. The molecule has 0 amide bonds. The lowest BCUT2D eigenvalue weighted by Crippen LogP contribution is -2.39. The number of nitrogens with zero attached hydrogens (tertiary/aromatic N) is 4. The zero-order valence-corrected chi connectivity index (χ0v) is 10.4. The van der Waals surface area contributed by atoms with Crippen LogP contribution in [0.15, 0.2) is 11.3 Å². The summed E-state index contributed by atoms with van der Waals surface area (Å²) in [5, 5.41) is 14.2.